The highest BCUT2D eigenvalue weighted by molar-refractivity contribution is 7.18. The third-order valence-electron chi connectivity index (χ3n) is 2.92. The molecular formula is C14H16NS+. The molecule has 0 bridgehead atoms. The van der Waals surface area contributed by atoms with Crippen molar-refractivity contribution in [3.8, 4) is 0 Å². The summed E-state index contributed by atoms with van der Waals surface area (Å²) in [6, 6.07) is 4.36. The Kier molecular flexibility index (Phi) is 2.92. The molecule has 0 radical (unpaired) electrons. The smallest absolute Gasteiger partial charge is 0.189 e. The van der Waals surface area contributed by atoms with Crippen molar-refractivity contribution < 1.29 is 4.57 Å². The van der Waals surface area contributed by atoms with E-state index in [0.29, 0.717) is 0 Å². The molecule has 16 heavy (non-hydrogen) atoms. The van der Waals surface area contributed by atoms with E-state index in [1.54, 1.807) is 0 Å². The van der Waals surface area contributed by atoms with Gasteiger partial charge in [-0.2, -0.15) is 4.57 Å². The Labute approximate surface area is 100 Å². The predicted molar refractivity (Wildman–Crippen MR) is 71.7 cm³/mol. The second kappa shape index (κ2) is 4.22. The summed E-state index contributed by atoms with van der Waals surface area (Å²) >= 11 is 1.86. The Morgan fingerprint density at radius 2 is 2.06 bits per heavy atom. The summed E-state index contributed by atoms with van der Waals surface area (Å²) in [5, 5.41) is 1.34. The first kappa shape index (κ1) is 11.1. The second-order valence-corrected chi connectivity index (χ2v) is 5.11. The van der Waals surface area contributed by atoms with Crippen molar-refractivity contribution in [1.82, 2.24) is 0 Å². The molecule has 0 unspecified atom stereocenters. The number of benzene rings is 1. The van der Waals surface area contributed by atoms with Crippen LogP contribution in [0.2, 0.25) is 0 Å². The highest BCUT2D eigenvalue weighted by atomic mass is 32.1. The Morgan fingerprint density at radius 3 is 2.75 bits per heavy atom. The lowest BCUT2D eigenvalue weighted by molar-refractivity contribution is -0.646. The lowest BCUT2D eigenvalue weighted by atomic mass is 10.1. The van der Waals surface area contributed by atoms with Gasteiger partial charge in [0.1, 0.15) is 11.7 Å². The Morgan fingerprint density at radius 1 is 1.31 bits per heavy atom. The van der Waals surface area contributed by atoms with Crippen LogP contribution in [0.25, 0.3) is 16.3 Å². The van der Waals surface area contributed by atoms with Crippen molar-refractivity contribution in [3.63, 3.8) is 0 Å². The minimum absolute atomic E-state index is 1.27. The monoisotopic (exact) mass is 230 g/mol. The Hall–Kier alpha value is -1.41. The fraction of sp³-hybridized carbons (Fsp3) is 0.214. The molecule has 0 saturated carbocycles. The third kappa shape index (κ3) is 1.69. The van der Waals surface area contributed by atoms with E-state index in [4.69, 9.17) is 0 Å². The average molecular weight is 230 g/mol. The molecule has 0 fully saturated rings. The first-order valence-corrected chi connectivity index (χ1v) is 6.14. The highest BCUT2D eigenvalue weighted by Gasteiger charge is 2.15. The average Bonchev–Trinajstić information content (AvgIpc) is 2.56. The van der Waals surface area contributed by atoms with Crippen LogP contribution in [0.5, 0.6) is 0 Å². The van der Waals surface area contributed by atoms with Crippen LogP contribution in [0.15, 0.2) is 30.9 Å². The quantitative estimate of drug-likeness (QED) is 0.549. The number of aromatic nitrogens is 1. The minimum atomic E-state index is 1.27. The van der Waals surface area contributed by atoms with Crippen molar-refractivity contribution in [1.29, 1.82) is 0 Å². The zero-order valence-electron chi connectivity index (χ0n) is 9.95. The molecule has 0 saturated heterocycles. The molecule has 1 aromatic heterocycles. The molecule has 1 heterocycles. The van der Waals surface area contributed by atoms with Crippen LogP contribution in [-0.2, 0) is 7.05 Å². The molecule has 0 amide bonds. The van der Waals surface area contributed by atoms with E-state index >= 15 is 0 Å². The van der Waals surface area contributed by atoms with Gasteiger partial charge < -0.3 is 0 Å². The molecule has 0 spiro atoms. The maximum absolute atomic E-state index is 3.70. The molecule has 0 aliphatic heterocycles. The van der Waals surface area contributed by atoms with Crippen molar-refractivity contribution in [2.24, 2.45) is 7.05 Å². The Bertz CT molecular complexity index is 576. The van der Waals surface area contributed by atoms with Gasteiger partial charge in [0.25, 0.3) is 0 Å². The third-order valence-corrected chi connectivity index (χ3v) is 4.21. The summed E-state index contributed by atoms with van der Waals surface area (Å²) in [4.78, 5) is 0. The zero-order valence-corrected chi connectivity index (χ0v) is 10.8. The number of nitrogens with zero attached hydrogens (tertiary/aromatic N) is 1. The van der Waals surface area contributed by atoms with Gasteiger partial charge in [0.2, 0.25) is 10.5 Å². The van der Waals surface area contributed by atoms with Crippen LogP contribution in [0.3, 0.4) is 0 Å². The van der Waals surface area contributed by atoms with Gasteiger partial charge in [-0.3, -0.25) is 0 Å². The molecule has 0 N–H and O–H groups in total. The number of allylic oxidation sites excluding steroid dienone is 2. The normalized spacial score (nSPS) is 11.4. The molecule has 0 aliphatic rings. The van der Waals surface area contributed by atoms with Crippen LogP contribution in [-0.4, -0.2) is 0 Å². The van der Waals surface area contributed by atoms with Crippen LogP contribution in [0.4, 0.5) is 0 Å². The summed E-state index contributed by atoms with van der Waals surface area (Å²) < 4.78 is 3.62. The van der Waals surface area contributed by atoms with Crippen molar-refractivity contribution in [2.45, 2.75) is 13.8 Å². The van der Waals surface area contributed by atoms with Crippen molar-refractivity contribution in [3.05, 3.63) is 47.0 Å². The van der Waals surface area contributed by atoms with Crippen LogP contribution < -0.4 is 4.57 Å². The number of rotatable bonds is 2. The topological polar surface area (TPSA) is 3.88 Å². The van der Waals surface area contributed by atoms with Crippen molar-refractivity contribution in [2.75, 3.05) is 0 Å². The van der Waals surface area contributed by atoms with E-state index in [1.807, 2.05) is 23.5 Å². The predicted octanol–water partition coefficient (Wildman–Crippen LogP) is 3.54. The van der Waals surface area contributed by atoms with Crippen LogP contribution >= 0.6 is 11.3 Å². The van der Waals surface area contributed by atoms with Crippen molar-refractivity contribution >= 4 is 27.6 Å². The molecule has 0 aliphatic carbocycles. The zero-order chi connectivity index (χ0) is 11.7. The maximum Gasteiger partial charge on any atom is 0.234 e. The van der Waals surface area contributed by atoms with Crippen LogP contribution in [0.1, 0.15) is 16.1 Å². The summed E-state index contributed by atoms with van der Waals surface area (Å²) in [6.07, 6.45) is 5.90. The highest BCUT2D eigenvalue weighted by Crippen LogP contribution is 2.26. The summed E-state index contributed by atoms with van der Waals surface area (Å²) in [6.45, 7) is 8.04. The minimum Gasteiger partial charge on any atom is -0.189 e. The first-order chi connectivity index (χ1) is 7.65. The van der Waals surface area contributed by atoms with E-state index in [9.17, 15) is 0 Å². The van der Waals surface area contributed by atoms with E-state index < -0.39 is 0 Å². The number of aryl methyl sites for hydroxylation is 3. The lowest BCUT2D eigenvalue weighted by Gasteiger charge is -1.98. The van der Waals surface area contributed by atoms with Gasteiger partial charge in [-0.15, -0.1) is 0 Å². The lowest BCUT2D eigenvalue weighted by Crippen LogP contribution is -2.28. The van der Waals surface area contributed by atoms with Gasteiger partial charge in [0.05, 0.1) is 0 Å². The van der Waals surface area contributed by atoms with E-state index in [0.717, 1.165) is 0 Å². The molecule has 2 aromatic rings. The van der Waals surface area contributed by atoms with Gasteiger partial charge in [0.15, 0.2) is 0 Å². The molecule has 1 nitrogen and oxygen atoms in total. The SMILES string of the molecule is C=CC=Cc1ccc2c(sc(C)[n+]2C)c1C. The maximum atomic E-state index is 3.70. The van der Waals surface area contributed by atoms with E-state index in [-0.39, 0.29) is 0 Å². The molecule has 2 heteroatoms. The van der Waals surface area contributed by atoms with Gasteiger partial charge in [-0.05, 0) is 24.1 Å². The fourth-order valence-corrected chi connectivity index (χ4v) is 2.93. The molecule has 0 atom stereocenters. The molecule has 1 aromatic carbocycles. The van der Waals surface area contributed by atoms with Gasteiger partial charge in [-0.25, -0.2) is 0 Å². The molecule has 2 rings (SSSR count). The summed E-state index contributed by atoms with van der Waals surface area (Å²) in [5.41, 5.74) is 3.94. The molecule has 82 valence electrons. The Balaban J connectivity index is 2.70. The molecular weight excluding hydrogens is 214 g/mol. The van der Waals surface area contributed by atoms with Gasteiger partial charge in [-0.1, -0.05) is 36.1 Å². The number of thiazole rings is 1. The van der Waals surface area contributed by atoms with Crippen LogP contribution in [0, 0.1) is 13.8 Å². The second-order valence-electron chi connectivity index (χ2n) is 3.90. The number of hydrogen-bond acceptors (Lipinski definition) is 1. The summed E-state index contributed by atoms with van der Waals surface area (Å²) in [7, 11) is 2.12. The standard InChI is InChI=1S/C14H16NS/c1-5-6-7-12-8-9-13-14(10(12)2)16-11(3)15(13)4/h5-9H,1H2,2-4H3/q+1. The number of fused-ring (bicyclic) bond motifs is 1. The largest absolute Gasteiger partial charge is 0.234 e. The fourth-order valence-electron chi connectivity index (χ4n) is 1.82. The first-order valence-electron chi connectivity index (χ1n) is 5.33. The summed E-state index contributed by atoms with van der Waals surface area (Å²) in [5.74, 6) is 0. The van der Waals surface area contributed by atoms with Gasteiger partial charge >= 0.3 is 0 Å². The van der Waals surface area contributed by atoms with Gasteiger partial charge in [0, 0.05) is 13.0 Å². The number of hydrogen-bond donors (Lipinski definition) is 0. The van der Waals surface area contributed by atoms with E-state index in [2.05, 4.69) is 50.2 Å². The van der Waals surface area contributed by atoms with E-state index in [1.165, 1.54) is 26.4 Å².